The Morgan fingerprint density at radius 2 is 1.91 bits per heavy atom. The Labute approximate surface area is 141 Å². The zero-order chi connectivity index (χ0) is 16.7. The number of hydrogen-bond acceptors (Lipinski definition) is 3. The molecule has 0 bridgehead atoms. The lowest BCUT2D eigenvalue weighted by atomic mass is 10.2. The molecule has 2 aromatic carbocycles. The third-order valence-electron chi connectivity index (χ3n) is 2.73. The van der Waals surface area contributed by atoms with Gasteiger partial charge >= 0.3 is 5.97 Å². The molecule has 6 heteroatoms. The van der Waals surface area contributed by atoms with E-state index in [4.69, 9.17) is 4.74 Å². The molecular weight excluding hydrogens is 365 g/mol. The van der Waals surface area contributed by atoms with Gasteiger partial charge in [0.2, 0.25) is 0 Å². The summed E-state index contributed by atoms with van der Waals surface area (Å²) < 4.78 is 18.7. The van der Waals surface area contributed by atoms with Crippen LogP contribution in [0.2, 0.25) is 0 Å². The number of esters is 1. The van der Waals surface area contributed by atoms with Crippen LogP contribution in [0.5, 0.6) is 0 Å². The third-order valence-corrected chi connectivity index (χ3v) is 3.26. The van der Waals surface area contributed by atoms with Crippen LogP contribution in [-0.2, 0) is 14.3 Å². The fraction of sp³-hybridized carbons (Fsp3) is 0.0588. The summed E-state index contributed by atoms with van der Waals surface area (Å²) in [5, 5.41) is 2.60. The molecule has 0 aromatic heterocycles. The molecule has 0 spiro atoms. The first-order chi connectivity index (χ1) is 11.0. The monoisotopic (exact) mass is 377 g/mol. The Balaban J connectivity index is 1.79. The number of ether oxygens (including phenoxy) is 1. The number of amides is 1. The van der Waals surface area contributed by atoms with E-state index in [0.717, 1.165) is 10.5 Å². The van der Waals surface area contributed by atoms with Crippen LogP contribution >= 0.6 is 15.9 Å². The quantitative estimate of drug-likeness (QED) is 0.637. The molecular formula is C17H13BrFNO3. The minimum absolute atomic E-state index is 0.394. The van der Waals surface area contributed by atoms with Crippen LogP contribution in [0.4, 0.5) is 10.1 Å². The van der Waals surface area contributed by atoms with Gasteiger partial charge in [0, 0.05) is 16.2 Å². The van der Waals surface area contributed by atoms with Crippen molar-refractivity contribution in [2.45, 2.75) is 0 Å². The smallest absolute Gasteiger partial charge is 0.331 e. The molecule has 0 saturated heterocycles. The van der Waals surface area contributed by atoms with Crippen LogP contribution in [0.25, 0.3) is 6.08 Å². The highest BCUT2D eigenvalue weighted by atomic mass is 79.9. The summed E-state index contributed by atoms with van der Waals surface area (Å²) in [7, 11) is 0. The van der Waals surface area contributed by atoms with Crippen molar-refractivity contribution in [1.82, 2.24) is 0 Å². The van der Waals surface area contributed by atoms with Gasteiger partial charge in [-0.1, -0.05) is 28.1 Å². The summed E-state index contributed by atoms with van der Waals surface area (Å²) in [5.41, 5.74) is 1.13. The van der Waals surface area contributed by atoms with E-state index in [1.165, 1.54) is 24.3 Å². The maximum absolute atomic E-state index is 13.0. The maximum Gasteiger partial charge on any atom is 0.331 e. The molecule has 23 heavy (non-hydrogen) atoms. The predicted molar refractivity (Wildman–Crippen MR) is 89.2 cm³/mol. The highest BCUT2D eigenvalue weighted by Gasteiger charge is 2.05. The van der Waals surface area contributed by atoms with Gasteiger partial charge in [-0.25, -0.2) is 9.18 Å². The van der Waals surface area contributed by atoms with E-state index in [9.17, 15) is 14.0 Å². The lowest BCUT2D eigenvalue weighted by Crippen LogP contribution is -2.20. The predicted octanol–water partition coefficient (Wildman–Crippen LogP) is 3.78. The van der Waals surface area contributed by atoms with Crippen LogP contribution in [0, 0.1) is 5.82 Å². The third kappa shape index (κ3) is 6.04. The number of rotatable bonds is 5. The van der Waals surface area contributed by atoms with Gasteiger partial charge in [-0.15, -0.1) is 0 Å². The summed E-state index contributed by atoms with van der Waals surface area (Å²) in [5.74, 6) is -1.52. The first kappa shape index (κ1) is 16.9. The van der Waals surface area contributed by atoms with Gasteiger partial charge in [0.05, 0.1) is 0 Å². The molecule has 0 aliphatic rings. The lowest BCUT2D eigenvalue weighted by Gasteiger charge is -2.05. The van der Waals surface area contributed by atoms with E-state index in [0.29, 0.717) is 11.3 Å². The van der Waals surface area contributed by atoms with Crippen molar-refractivity contribution in [1.29, 1.82) is 0 Å². The van der Waals surface area contributed by atoms with Crippen molar-refractivity contribution in [2.24, 2.45) is 0 Å². The molecule has 0 unspecified atom stereocenters. The van der Waals surface area contributed by atoms with Gasteiger partial charge < -0.3 is 10.1 Å². The van der Waals surface area contributed by atoms with E-state index in [1.807, 2.05) is 0 Å². The second-order valence-corrected chi connectivity index (χ2v) is 5.47. The second-order valence-electron chi connectivity index (χ2n) is 4.55. The van der Waals surface area contributed by atoms with Gasteiger partial charge in [0.1, 0.15) is 5.82 Å². The minimum atomic E-state index is -0.680. The molecule has 0 aliphatic heterocycles. The maximum atomic E-state index is 13.0. The van der Waals surface area contributed by atoms with Gasteiger partial charge in [-0.2, -0.15) is 0 Å². The van der Waals surface area contributed by atoms with Crippen LogP contribution < -0.4 is 5.32 Å². The molecule has 2 aromatic rings. The molecule has 0 fully saturated rings. The van der Waals surface area contributed by atoms with E-state index in [-0.39, 0.29) is 0 Å². The molecule has 4 nitrogen and oxygen atoms in total. The van der Waals surface area contributed by atoms with Gasteiger partial charge in [0.15, 0.2) is 6.61 Å². The standard InChI is InChI=1S/C17H13BrFNO3/c18-13-5-7-15(8-6-13)20-16(21)11-23-17(22)9-4-12-2-1-3-14(19)10-12/h1-10H,11H2,(H,20,21)/b9-4+. The Hall–Kier alpha value is -2.47. The number of carbonyl (C=O) groups excluding carboxylic acids is 2. The first-order valence-electron chi connectivity index (χ1n) is 6.69. The number of carbonyl (C=O) groups is 2. The summed E-state index contributed by atoms with van der Waals surface area (Å²) in [6.45, 7) is -0.400. The molecule has 0 saturated carbocycles. The SMILES string of the molecule is O=C(COC(=O)/C=C/c1cccc(F)c1)Nc1ccc(Br)cc1. The molecule has 0 heterocycles. The Kier molecular flexibility index (Phi) is 6.05. The number of anilines is 1. The van der Waals surface area contributed by atoms with Crippen molar-refractivity contribution in [2.75, 3.05) is 11.9 Å². The largest absolute Gasteiger partial charge is 0.452 e. The summed E-state index contributed by atoms with van der Waals surface area (Å²) in [6.07, 6.45) is 2.56. The van der Waals surface area contributed by atoms with Gasteiger partial charge in [0.25, 0.3) is 5.91 Å². The summed E-state index contributed by atoms with van der Waals surface area (Å²) >= 11 is 3.29. The van der Waals surface area contributed by atoms with Crippen molar-refractivity contribution in [3.63, 3.8) is 0 Å². The average Bonchev–Trinajstić information content (AvgIpc) is 2.53. The lowest BCUT2D eigenvalue weighted by molar-refractivity contribution is -0.142. The van der Waals surface area contributed by atoms with E-state index in [2.05, 4.69) is 21.2 Å². The Morgan fingerprint density at radius 3 is 2.61 bits per heavy atom. The van der Waals surface area contributed by atoms with Crippen LogP contribution in [-0.4, -0.2) is 18.5 Å². The van der Waals surface area contributed by atoms with E-state index < -0.39 is 24.3 Å². The number of halogens is 2. The van der Waals surface area contributed by atoms with Crippen molar-refractivity contribution in [3.05, 3.63) is 70.5 Å². The highest BCUT2D eigenvalue weighted by molar-refractivity contribution is 9.10. The van der Waals surface area contributed by atoms with Crippen molar-refractivity contribution >= 4 is 39.6 Å². The molecule has 0 aliphatic carbocycles. The topological polar surface area (TPSA) is 55.4 Å². The van der Waals surface area contributed by atoms with E-state index >= 15 is 0 Å². The number of benzene rings is 2. The molecule has 2 rings (SSSR count). The zero-order valence-electron chi connectivity index (χ0n) is 12.0. The van der Waals surface area contributed by atoms with E-state index in [1.54, 1.807) is 30.3 Å². The number of nitrogens with one attached hydrogen (secondary N) is 1. The molecule has 1 amide bonds. The molecule has 0 radical (unpaired) electrons. The first-order valence-corrected chi connectivity index (χ1v) is 7.48. The van der Waals surface area contributed by atoms with Crippen molar-refractivity contribution in [3.8, 4) is 0 Å². The van der Waals surface area contributed by atoms with Crippen LogP contribution in [0.3, 0.4) is 0 Å². The zero-order valence-corrected chi connectivity index (χ0v) is 13.5. The van der Waals surface area contributed by atoms with Crippen LogP contribution in [0.1, 0.15) is 5.56 Å². The molecule has 1 N–H and O–H groups in total. The minimum Gasteiger partial charge on any atom is -0.452 e. The fourth-order valence-corrected chi connectivity index (χ4v) is 1.95. The Bertz CT molecular complexity index is 729. The fourth-order valence-electron chi connectivity index (χ4n) is 1.69. The molecule has 118 valence electrons. The van der Waals surface area contributed by atoms with Crippen molar-refractivity contribution < 1.29 is 18.7 Å². The number of hydrogen-bond donors (Lipinski definition) is 1. The normalized spacial score (nSPS) is 10.5. The average molecular weight is 378 g/mol. The molecule has 0 atom stereocenters. The second kappa shape index (κ2) is 8.24. The highest BCUT2D eigenvalue weighted by Crippen LogP contribution is 2.13. The van der Waals surface area contributed by atoms with Gasteiger partial charge in [-0.3, -0.25) is 4.79 Å². The van der Waals surface area contributed by atoms with Gasteiger partial charge in [-0.05, 0) is 48.0 Å². The summed E-state index contributed by atoms with van der Waals surface area (Å²) in [6, 6.07) is 12.8. The van der Waals surface area contributed by atoms with Crippen LogP contribution in [0.15, 0.2) is 59.1 Å². The Morgan fingerprint density at radius 1 is 1.17 bits per heavy atom. The summed E-state index contributed by atoms with van der Waals surface area (Å²) in [4.78, 5) is 23.2.